The summed E-state index contributed by atoms with van der Waals surface area (Å²) in [5.74, 6) is -2.46. The Morgan fingerprint density at radius 3 is 2.25 bits per heavy atom. The maximum Gasteiger partial charge on any atom is 0.352 e. The number of nitrogens with one attached hydrogen (secondary N) is 2. The first-order valence-electron chi connectivity index (χ1n) is 6.57. The molecule has 0 unspecified atom stereocenters. The van der Waals surface area contributed by atoms with Gasteiger partial charge in [-0.2, -0.15) is 5.10 Å². The van der Waals surface area contributed by atoms with Crippen molar-refractivity contribution in [2.45, 2.75) is 51.0 Å². The van der Waals surface area contributed by atoms with Crippen LogP contribution in [0.1, 0.15) is 44.9 Å². The van der Waals surface area contributed by atoms with Gasteiger partial charge in [-0.1, -0.05) is 19.3 Å². The minimum atomic E-state index is -1.34. The second-order valence-electron chi connectivity index (χ2n) is 4.68. The summed E-state index contributed by atoms with van der Waals surface area (Å²) in [5.41, 5.74) is 1.72. The number of rotatable bonds is 6. The largest absolute Gasteiger partial charge is 0.481 e. The average Bonchev–Trinajstić information content (AvgIpc) is 2.39. The molecule has 0 heterocycles. The highest BCUT2D eigenvalue weighted by atomic mass is 16.4. The Morgan fingerprint density at radius 2 is 1.70 bits per heavy atom. The van der Waals surface area contributed by atoms with E-state index in [1.54, 1.807) is 0 Å². The van der Waals surface area contributed by atoms with Gasteiger partial charge >= 0.3 is 18.0 Å². The molecule has 0 spiro atoms. The molecule has 2 amide bonds. The summed E-state index contributed by atoms with van der Waals surface area (Å²) >= 11 is 0. The van der Waals surface area contributed by atoms with Crippen molar-refractivity contribution in [3.63, 3.8) is 0 Å². The molecule has 0 atom stereocenters. The van der Waals surface area contributed by atoms with E-state index in [-0.39, 0.29) is 24.6 Å². The minimum Gasteiger partial charge on any atom is -0.481 e. The molecule has 112 valence electrons. The fraction of sp³-hybridized carbons (Fsp3) is 0.667. The molecule has 8 nitrogen and oxygen atoms in total. The standard InChI is InChI=1S/C12H19N3O5/c16-10(17)7-6-9(11(18)19)14-15-12(20)13-8-4-2-1-3-5-8/h8H,1-7H2,(H,16,17)(H,18,19)(H2,13,15,20). The van der Waals surface area contributed by atoms with Gasteiger partial charge in [0, 0.05) is 12.5 Å². The van der Waals surface area contributed by atoms with Crippen LogP contribution in [-0.4, -0.2) is 39.9 Å². The van der Waals surface area contributed by atoms with E-state index in [0.29, 0.717) is 0 Å². The van der Waals surface area contributed by atoms with Gasteiger partial charge in [-0.3, -0.25) is 4.79 Å². The van der Waals surface area contributed by atoms with Crippen molar-refractivity contribution >= 4 is 23.7 Å². The van der Waals surface area contributed by atoms with Crippen molar-refractivity contribution in [1.29, 1.82) is 0 Å². The van der Waals surface area contributed by atoms with Gasteiger partial charge in [0.2, 0.25) is 0 Å². The van der Waals surface area contributed by atoms with Crippen LogP contribution in [0.2, 0.25) is 0 Å². The first-order chi connectivity index (χ1) is 9.49. The number of hydrogen-bond donors (Lipinski definition) is 4. The van der Waals surface area contributed by atoms with Gasteiger partial charge in [-0.25, -0.2) is 15.0 Å². The zero-order valence-corrected chi connectivity index (χ0v) is 11.1. The molecule has 1 fully saturated rings. The number of aliphatic carboxylic acids is 2. The Bertz CT molecular complexity index is 402. The summed E-state index contributed by atoms with van der Waals surface area (Å²) in [6, 6.07) is -0.475. The predicted octanol–water partition coefficient (Wildman–Crippen LogP) is 0.924. The normalized spacial score (nSPS) is 16.5. The number of amides is 2. The van der Waals surface area contributed by atoms with Crippen LogP contribution in [-0.2, 0) is 9.59 Å². The molecule has 0 aromatic carbocycles. The molecular formula is C12H19N3O5. The SMILES string of the molecule is O=C(O)CCC(=NNC(=O)NC1CCCCC1)C(=O)O. The van der Waals surface area contributed by atoms with Crippen LogP contribution in [0.5, 0.6) is 0 Å². The third-order valence-corrected chi connectivity index (χ3v) is 3.06. The molecule has 20 heavy (non-hydrogen) atoms. The first-order valence-corrected chi connectivity index (χ1v) is 6.57. The van der Waals surface area contributed by atoms with Crippen molar-refractivity contribution in [2.75, 3.05) is 0 Å². The molecule has 8 heteroatoms. The molecule has 1 aliphatic rings. The van der Waals surface area contributed by atoms with E-state index in [2.05, 4.69) is 15.8 Å². The lowest BCUT2D eigenvalue weighted by Gasteiger charge is -2.22. The Kier molecular flexibility index (Phi) is 6.48. The summed E-state index contributed by atoms with van der Waals surface area (Å²) < 4.78 is 0. The van der Waals surface area contributed by atoms with E-state index < -0.39 is 18.0 Å². The smallest absolute Gasteiger partial charge is 0.352 e. The maximum absolute atomic E-state index is 11.5. The number of nitrogens with zero attached hydrogens (tertiary/aromatic N) is 1. The van der Waals surface area contributed by atoms with Crippen molar-refractivity contribution in [3.05, 3.63) is 0 Å². The zero-order valence-electron chi connectivity index (χ0n) is 11.1. The van der Waals surface area contributed by atoms with Gasteiger partial charge in [0.05, 0.1) is 6.42 Å². The number of carboxylic acid groups (broad SMARTS) is 2. The monoisotopic (exact) mass is 285 g/mol. The van der Waals surface area contributed by atoms with Crippen LogP contribution in [0, 0.1) is 0 Å². The molecule has 4 N–H and O–H groups in total. The Morgan fingerprint density at radius 1 is 1.05 bits per heavy atom. The van der Waals surface area contributed by atoms with Crippen LogP contribution in [0.15, 0.2) is 5.10 Å². The topological polar surface area (TPSA) is 128 Å². The van der Waals surface area contributed by atoms with E-state index in [9.17, 15) is 14.4 Å². The molecule has 0 bridgehead atoms. The number of hydrazone groups is 1. The quantitative estimate of drug-likeness (QED) is 0.426. The van der Waals surface area contributed by atoms with E-state index in [0.717, 1.165) is 32.1 Å². The van der Waals surface area contributed by atoms with Crippen LogP contribution in [0.4, 0.5) is 4.79 Å². The summed E-state index contributed by atoms with van der Waals surface area (Å²) in [7, 11) is 0. The molecule has 0 saturated heterocycles. The third kappa shape index (κ3) is 6.17. The van der Waals surface area contributed by atoms with Crippen molar-refractivity contribution < 1.29 is 24.6 Å². The lowest BCUT2D eigenvalue weighted by molar-refractivity contribution is -0.136. The zero-order chi connectivity index (χ0) is 15.0. The number of carboxylic acids is 2. The van der Waals surface area contributed by atoms with Gasteiger partial charge in [-0.05, 0) is 12.8 Å². The number of carbonyl (C=O) groups excluding carboxylic acids is 1. The Labute approximate surface area is 116 Å². The fourth-order valence-corrected chi connectivity index (χ4v) is 2.02. The first kappa shape index (κ1) is 15.9. The van der Waals surface area contributed by atoms with E-state index >= 15 is 0 Å². The van der Waals surface area contributed by atoms with Crippen LogP contribution >= 0.6 is 0 Å². The number of hydrogen-bond acceptors (Lipinski definition) is 4. The highest BCUT2D eigenvalue weighted by Crippen LogP contribution is 2.17. The highest BCUT2D eigenvalue weighted by molar-refractivity contribution is 6.35. The van der Waals surface area contributed by atoms with Crippen LogP contribution in [0.3, 0.4) is 0 Å². The summed E-state index contributed by atoms with van der Waals surface area (Å²) in [6.07, 6.45) is 4.51. The van der Waals surface area contributed by atoms with Crippen LogP contribution in [0.25, 0.3) is 0 Å². The van der Waals surface area contributed by atoms with E-state index in [4.69, 9.17) is 10.2 Å². The molecular weight excluding hydrogens is 266 g/mol. The lowest BCUT2D eigenvalue weighted by atomic mass is 9.96. The second-order valence-corrected chi connectivity index (χ2v) is 4.68. The van der Waals surface area contributed by atoms with Crippen molar-refractivity contribution in [2.24, 2.45) is 5.10 Å². The molecule has 0 aliphatic heterocycles. The van der Waals surface area contributed by atoms with Crippen LogP contribution < -0.4 is 10.7 Å². The summed E-state index contributed by atoms with van der Waals surface area (Å²) in [6.45, 7) is 0. The molecule has 0 aromatic rings. The molecule has 1 aliphatic carbocycles. The third-order valence-electron chi connectivity index (χ3n) is 3.06. The maximum atomic E-state index is 11.5. The van der Waals surface area contributed by atoms with Gasteiger partial charge in [-0.15, -0.1) is 0 Å². The minimum absolute atomic E-state index is 0.0891. The molecule has 1 rings (SSSR count). The Balaban J connectivity index is 2.42. The predicted molar refractivity (Wildman–Crippen MR) is 70.5 cm³/mol. The fourth-order valence-electron chi connectivity index (χ4n) is 2.02. The number of carbonyl (C=O) groups is 3. The Hall–Kier alpha value is -2.12. The average molecular weight is 285 g/mol. The molecule has 1 saturated carbocycles. The van der Waals surface area contributed by atoms with E-state index in [1.807, 2.05) is 0 Å². The molecule has 0 radical (unpaired) electrons. The van der Waals surface area contributed by atoms with E-state index in [1.165, 1.54) is 0 Å². The van der Waals surface area contributed by atoms with Gasteiger partial charge in [0.25, 0.3) is 0 Å². The highest BCUT2D eigenvalue weighted by Gasteiger charge is 2.16. The number of urea groups is 1. The van der Waals surface area contributed by atoms with Crippen molar-refractivity contribution in [3.8, 4) is 0 Å². The van der Waals surface area contributed by atoms with Gasteiger partial charge in [0.1, 0.15) is 5.71 Å². The summed E-state index contributed by atoms with van der Waals surface area (Å²) in [4.78, 5) is 32.7. The van der Waals surface area contributed by atoms with Gasteiger partial charge < -0.3 is 15.5 Å². The lowest BCUT2D eigenvalue weighted by Crippen LogP contribution is -2.41. The molecule has 0 aromatic heterocycles. The summed E-state index contributed by atoms with van der Waals surface area (Å²) in [5, 5.41) is 23.5. The second kappa shape index (κ2) is 8.13. The van der Waals surface area contributed by atoms with Gasteiger partial charge in [0.15, 0.2) is 0 Å². The van der Waals surface area contributed by atoms with Crippen molar-refractivity contribution in [1.82, 2.24) is 10.7 Å².